The van der Waals surface area contributed by atoms with Crippen molar-refractivity contribution in [3.05, 3.63) is 47.0 Å². The lowest BCUT2D eigenvalue weighted by atomic mass is 10.1. The average molecular weight is 307 g/mol. The number of carbonyl (C=O) groups is 1. The minimum Gasteiger partial charge on any atom is -0.384 e. The second kappa shape index (κ2) is 7.13. The van der Waals surface area contributed by atoms with Gasteiger partial charge < -0.3 is 15.2 Å². The van der Waals surface area contributed by atoms with Gasteiger partial charge in [0.05, 0.1) is 12.1 Å². The molecular weight excluding hydrogens is 288 g/mol. The minimum atomic E-state index is -0.0903. The molecule has 0 aliphatic rings. The number of H-pyrrole nitrogens is 1. The highest BCUT2D eigenvalue weighted by molar-refractivity contribution is 6.31. The Morgan fingerprint density at radius 2 is 2.29 bits per heavy atom. The Morgan fingerprint density at radius 1 is 1.48 bits per heavy atom. The molecule has 6 heteroatoms. The van der Waals surface area contributed by atoms with Crippen LogP contribution in [-0.2, 0) is 6.54 Å². The van der Waals surface area contributed by atoms with Gasteiger partial charge in [-0.2, -0.15) is 0 Å². The number of benzene rings is 1. The normalized spacial score (nSPS) is 10.4. The van der Waals surface area contributed by atoms with Crippen LogP contribution in [0.2, 0.25) is 5.02 Å². The van der Waals surface area contributed by atoms with Crippen LogP contribution in [0.3, 0.4) is 0 Å². The Kier molecular flexibility index (Phi) is 5.22. The number of hydrogen-bond donors (Lipinski definition) is 2. The second-order valence-corrected chi connectivity index (χ2v) is 5.25. The predicted molar refractivity (Wildman–Crippen MR) is 84.6 cm³/mol. The first-order valence-corrected chi connectivity index (χ1v) is 7.26. The summed E-state index contributed by atoms with van der Waals surface area (Å²) < 4.78 is 0. The molecule has 1 aromatic heterocycles. The smallest absolute Gasteiger partial charge is 0.256 e. The summed E-state index contributed by atoms with van der Waals surface area (Å²) in [6, 6.07) is 5.31. The highest BCUT2D eigenvalue weighted by atomic mass is 35.5. The first-order chi connectivity index (χ1) is 10.1. The van der Waals surface area contributed by atoms with Crippen molar-refractivity contribution in [2.24, 2.45) is 0 Å². The quantitative estimate of drug-likeness (QED) is 0.862. The van der Waals surface area contributed by atoms with Gasteiger partial charge in [0, 0.05) is 36.7 Å². The van der Waals surface area contributed by atoms with E-state index in [-0.39, 0.29) is 5.91 Å². The molecule has 21 heavy (non-hydrogen) atoms. The van der Waals surface area contributed by atoms with E-state index in [0.717, 1.165) is 24.5 Å². The number of halogens is 1. The maximum atomic E-state index is 12.6. The third-order valence-electron chi connectivity index (χ3n) is 3.07. The van der Waals surface area contributed by atoms with Gasteiger partial charge in [-0.05, 0) is 24.6 Å². The van der Waals surface area contributed by atoms with Crippen LogP contribution in [0.25, 0.3) is 0 Å². The van der Waals surface area contributed by atoms with E-state index in [4.69, 9.17) is 11.6 Å². The number of imidazole rings is 1. The Morgan fingerprint density at radius 3 is 2.95 bits per heavy atom. The lowest BCUT2D eigenvalue weighted by molar-refractivity contribution is 0.0783. The molecule has 1 amide bonds. The van der Waals surface area contributed by atoms with Gasteiger partial charge in [0.15, 0.2) is 0 Å². The summed E-state index contributed by atoms with van der Waals surface area (Å²) in [5.74, 6) is 0.656. The van der Waals surface area contributed by atoms with Crippen molar-refractivity contribution in [1.82, 2.24) is 14.9 Å². The van der Waals surface area contributed by atoms with Crippen LogP contribution in [0, 0.1) is 0 Å². The van der Waals surface area contributed by atoms with Gasteiger partial charge in [0.25, 0.3) is 5.91 Å². The van der Waals surface area contributed by atoms with Gasteiger partial charge >= 0.3 is 0 Å². The number of aromatic amines is 1. The maximum absolute atomic E-state index is 12.6. The van der Waals surface area contributed by atoms with E-state index in [1.54, 1.807) is 36.5 Å². The maximum Gasteiger partial charge on any atom is 0.256 e. The number of anilines is 1. The first-order valence-electron chi connectivity index (χ1n) is 6.89. The van der Waals surface area contributed by atoms with Crippen LogP contribution < -0.4 is 5.32 Å². The molecule has 0 bridgehead atoms. The molecule has 1 aromatic carbocycles. The highest BCUT2D eigenvalue weighted by Gasteiger charge is 2.17. The third kappa shape index (κ3) is 3.98. The van der Waals surface area contributed by atoms with Crippen molar-refractivity contribution < 1.29 is 4.79 Å². The minimum absolute atomic E-state index is 0.0903. The van der Waals surface area contributed by atoms with Crippen molar-refractivity contribution in [3.63, 3.8) is 0 Å². The Balaban J connectivity index is 2.18. The number of rotatable bonds is 6. The molecule has 0 atom stereocenters. The fraction of sp³-hybridized carbons (Fsp3) is 0.333. The first kappa shape index (κ1) is 15.4. The van der Waals surface area contributed by atoms with Crippen molar-refractivity contribution in [2.45, 2.75) is 19.9 Å². The second-order valence-electron chi connectivity index (χ2n) is 4.81. The molecule has 2 rings (SSSR count). The number of nitrogens with one attached hydrogen (secondary N) is 2. The lowest BCUT2D eigenvalue weighted by Gasteiger charge is -2.19. The van der Waals surface area contributed by atoms with E-state index in [9.17, 15) is 4.79 Å². The van der Waals surface area contributed by atoms with Crippen molar-refractivity contribution in [1.29, 1.82) is 0 Å². The van der Waals surface area contributed by atoms with Gasteiger partial charge in [-0.3, -0.25) is 4.79 Å². The van der Waals surface area contributed by atoms with Gasteiger partial charge in [-0.25, -0.2) is 4.98 Å². The standard InChI is InChI=1S/C15H19ClN4O/c1-3-6-17-13-5-4-11(16)9-12(13)15(21)20(2)10-14-18-7-8-19-14/h4-5,7-9,17H,3,6,10H2,1-2H3,(H,18,19). The van der Waals surface area contributed by atoms with Crippen molar-refractivity contribution in [2.75, 3.05) is 18.9 Å². The monoisotopic (exact) mass is 306 g/mol. The molecule has 1 heterocycles. The van der Waals surface area contributed by atoms with E-state index in [1.807, 2.05) is 6.07 Å². The van der Waals surface area contributed by atoms with Gasteiger partial charge in [0.1, 0.15) is 5.82 Å². The zero-order chi connectivity index (χ0) is 15.2. The topological polar surface area (TPSA) is 61.0 Å². The number of amides is 1. The molecular formula is C15H19ClN4O. The summed E-state index contributed by atoms with van der Waals surface area (Å²) in [5.41, 5.74) is 1.38. The number of hydrogen-bond acceptors (Lipinski definition) is 3. The summed E-state index contributed by atoms with van der Waals surface area (Å²) in [6.45, 7) is 3.31. The van der Waals surface area contributed by atoms with Crippen LogP contribution in [0.15, 0.2) is 30.6 Å². The van der Waals surface area contributed by atoms with E-state index < -0.39 is 0 Å². The van der Waals surface area contributed by atoms with Gasteiger partial charge in [-0.1, -0.05) is 18.5 Å². The molecule has 0 fully saturated rings. The van der Waals surface area contributed by atoms with Crippen LogP contribution >= 0.6 is 11.6 Å². The summed E-state index contributed by atoms with van der Waals surface area (Å²) in [6.07, 6.45) is 4.39. The molecule has 0 unspecified atom stereocenters. The van der Waals surface area contributed by atoms with Gasteiger partial charge in [0.2, 0.25) is 0 Å². The molecule has 5 nitrogen and oxygen atoms in total. The van der Waals surface area contributed by atoms with Crippen LogP contribution in [-0.4, -0.2) is 34.4 Å². The van der Waals surface area contributed by atoms with E-state index in [1.165, 1.54) is 0 Å². The molecule has 0 radical (unpaired) electrons. The third-order valence-corrected chi connectivity index (χ3v) is 3.30. The van der Waals surface area contributed by atoms with Crippen molar-refractivity contribution >= 4 is 23.2 Å². The fourth-order valence-corrected chi connectivity index (χ4v) is 2.17. The number of aromatic nitrogens is 2. The molecule has 0 saturated carbocycles. The zero-order valence-corrected chi connectivity index (χ0v) is 12.9. The highest BCUT2D eigenvalue weighted by Crippen LogP contribution is 2.22. The zero-order valence-electron chi connectivity index (χ0n) is 12.2. The predicted octanol–water partition coefficient (Wildman–Crippen LogP) is 3.16. The van der Waals surface area contributed by atoms with E-state index in [2.05, 4.69) is 22.2 Å². The van der Waals surface area contributed by atoms with Crippen LogP contribution in [0.5, 0.6) is 0 Å². The molecule has 2 N–H and O–H groups in total. The summed E-state index contributed by atoms with van der Waals surface area (Å²) in [4.78, 5) is 21.3. The SMILES string of the molecule is CCCNc1ccc(Cl)cc1C(=O)N(C)Cc1ncc[nH]1. The average Bonchev–Trinajstić information content (AvgIpc) is 2.98. The van der Waals surface area contributed by atoms with Gasteiger partial charge in [-0.15, -0.1) is 0 Å². The number of carbonyl (C=O) groups excluding carboxylic acids is 1. The Hall–Kier alpha value is -2.01. The summed E-state index contributed by atoms with van der Waals surface area (Å²) in [7, 11) is 1.75. The fourth-order valence-electron chi connectivity index (χ4n) is 1.99. The van der Waals surface area contributed by atoms with E-state index >= 15 is 0 Å². The molecule has 0 aliphatic carbocycles. The number of nitrogens with zero attached hydrogens (tertiary/aromatic N) is 2. The molecule has 0 aliphatic heterocycles. The molecule has 112 valence electrons. The van der Waals surface area contributed by atoms with E-state index in [0.29, 0.717) is 17.1 Å². The lowest BCUT2D eigenvalue weighted by Crippen LogP contribution is -2.27. The molecule has 0 saturated heterocycles. The summed E-state index contributed by atoms with van der Waals surface area (Å²) >= 11 is 6.03. The Labute approximate surface area is 129 Å². The van der Waals surface area contributed by atoms with Crippen LogP contribution in [0.4, 0.5) is 5.69 Å². The van der Waals surface area contributed by atoms with Crippen molar-refractivity contribution in [3.8, 4) is 0 Å². The molecule has 0 spiro atoms. The van der Waals surface area contributed by atoms with Crippen LogP contribution in [0.1, 0.15) is 29.5 Å². The summed E-state index contributed by atoms with van der Waals surface area (Å²) in [5, 5.41) is 3.80. The largest absolute Gasteiger partial charge is 0.384 e. The molecule has 2 aromatic rings. The Bertz CT molecular complexity index is 598.